The lowest BCUT2D eigenvalue weighted by Gasteiger charge is -2.22. The lowest BCUT2D eigenvalue weighted by molar-refractivity contribution is -0.143. The molecule has 0 aliphatic heterocycles. The number of nitrogens with one attached hydrogen (secondary N) is 1. The van der Waals surface area contributed by atoms with Crippen LogP contribution in [0, 0.1) is 0 Å². The van der Waals surface area contributed by atoms with Crippen molar-refractivity contribution < 1.29 is 24.5 Å². The minimum absolute atomic E-state index is 0.0213. The van der Waals surface area contributed by atoms with Gasteiger partial charge in [-0.1, -0.05) is 469 Å². The number of carbonyl (C=O) groups is 2. The highest BCUT2D eigenvalue weighted by Crippen LogP contribution is 2.21. The highest BCUT2D eigenvalue weighted by Gasteiger charge is 2.20. The summed E-state index contributed by atoms with van der Waals surface area (Å²) in [4.78, 5) is 24.7. The quantitative estimate of drug-likeness (QED) is 0.0320. The van der Waals surface area contributed by atoms with Crippen molar-refractivity contribution in [2.24, 2.45) is 0 Å². The third-order valence-corrected chi connectivity index (χ3v) is 21.3. The Morgan fingerprint density at radius 1 is 0.284 bits per heavy atom. The molecule has 0 spiro atoms. The summed E-state index contributed by atoms with van der Waals surface area (Å²) in [6.45, 7) is 5.02. The molecule has 6 heteroatoms. The van der Waals surface area contributed by atoms with E-state index in [0.29, 0.717) is 25.9 Å². The van der Waals surface area contributed by atoms with Gasteiger partial charge in [-0.15, -0.1) is 0 Å². The van der Waals surface area contributed by atoms with E-state index in [-0.39, 0.29) is 18.5 Å². The fourth-order valence-corrected chi connectivity index (χ4v) is 14.6. The van der Waals surface area contributed by atoms with E-state index in [9.17, 15) is 19.8 Å². The predicted octanol–water partition coefficient (Wildman–Crippen LogP) is 29.8. The van der Waals surface area contributed by atoms with Gasteiger partial charge in [-0.3, -0.25) is 9.59 Å². The molecule has 2 atom stereocenters. The van der Waals surface area contributed by atoms with Crippen LogP contribution < -0.4 is 5.32 Å². The molecule has 3 N–H and O–H groups in total. The summed E-state index contributed by atoms with van der Waals surface area (Å²) in [7, 11) is 0. The maximum atomic E-state index is 12.6. The van der Waals surface area contributed by atoms with Crippen LogP contribution in [0.15, 0.2) is 12.2 Å². The minimum Gasteiger partial charge on any atom is -0.466 e. The predicted molar refractivity (Wildman–Crippen MR) is 421 cm³/mol. The fourth-order valence-electron chi connectivity index (χ4n) is 14.6. The van der Waals surface area contributed by atoms with Crippen molar-refractivity contribution in [2.75, 3.05) is 13.2 Å². The second-order valence-corrected chi connectivity index (χ2v) is 30.9. The van der Waals surface area contributed by atoms with Crippen LogP contribution in [0.2, 0.25) is 0 Å². The number of rotatable bonds is 85. The SMILES string of the molecule is CCCCCCCCC/C=C\CCCCCCCCCC(=O)OCCCCCCCCCCCCCCCCCCCCCCCCCCCCCCCCCCCCCC(=O)NC(CO)C(O)CCCCCCCCCCCCCCCCCCCCCCCCCCC. The summed E-state index contributed by atoms with van der Waals surface area (Å²) in [5.74, 6) is -0.00141. The number of aliphatic hydroxyl groups excluding tert-OH is 2. The van der Waals surface area contributed by atoms with Crippen molar-refractivity contribution in [2.45, 2.75) is 533 Å². The molecule has 566 valence electrons. The Kier molecular flexibility index (Phi) is 83.8. The van der Waals surface area contributed by atoms with Gasteiger partial charge in [0, 0.05) is 12.8 Å². The smallest absolute Gasteiger partial charge is 0.305 e. The average molecular weight is 1340 g/mol. The average Bonchev–Trinajstić information content (AvgIpc) is 3.31. The van der Waals surface area contributed by atoms with Gasteiger partial charge in [0.25, 0.3) is 0 Å². The Balaban J connectivity index is 3.31. The van der Waals surface area contributed by atoms with Crippen LogP contribution in [0.5, 0.6) is 0 Å². The molecule has 0 radical (unpaired) electrons. The molecule has 0 aromatic carbocycles. The van der Waals surface area contributed by atoms with Gasteiger partial charge in [-0.25, -0.2) is 0 Å². The molecule has 2 unspecified atom stereocenters. The van der Waals surface area contributed by atoms with Crippen LogP contribution in [0.1, 0.15) is 521 Å². The van der Waals surface area contributed by atoms with Gasteiger partial charge in [-0.05, 0) is 51.4 Å². The molecular formula is C89H175NO5. The summed E-state index contributed by atoms with van der Waals surface area (Å²) in [5.41, 5.74) is 0. The molecular weight excluding hydrogens is 1160 g/mol. The van der Waals surface area contributed by atoms with E-state index in [4.69, 9.17) is 4.74 Å². The van der Waals surface area contributed by atoms with Crippen LogP contribution in [0.4, 0.5) is 0 Å². The van der Waals surface area contributed by atoms with Gasteiger partial charge in [0.05, 0.1) is 25.4 Å². The first-order chi connectivity index (χ1) is 47.0. The number of amides is 1. The summed E-state index contributed by atoms with van der Waals surface area (Å²) < 4.78 is 5.52. The van der Waals surface area contributed by atoms with Crippen LogP contribution in [0.25, 0.3) is 0 Å². The summed E-state index contributed by atoms with van der Waals surface area (Å²) in [6, 6.07) is -0.538. The highest BCUT2D eigenvalue weighted by atomic mass is 16.5. The maximum Gasteiger partial charge on any atom is 0.305 e. The standard InChI is InChI=1S/C89H175NO5/c1-3-5-7-9-11-13-15-17-19-21-23-24-25-37-40-43-46-49-53-57-61-65-69-73-77-81-87(92)86(85-91)90-88(93)82-78-74-70-66-62-58-54-50-47-44-41-38-35-33-31-29-27-26-28-30-32-34-36-39-42-45-48-52-56-60-64-68-72-76-80-84-95-89(94)83-79-75-71-67-63-59-55-51-22-20-18-16-14-12-10-8-6-4-2/h20,22,86-87,91-92H,3-19,21,23-85H2,1-2H3,(H,90,93)/b22-20-. The van der Waals surface area contributed by atoms with Gasteiger partial charge in [0.2, 0.25) is 5.91 Å². The maximum absolute atomic E-state index is 12.6. The zero-order valence-electron chi connectivity index (χ0n) is 65.2. The first-order valence-corrected chi connectivity index (χ1v) is 44.4. The topological polar surface area (TPSA) is 95.9 Å². The zero-order chi connectivity index (χ0) is 68.4. The summed E-state index contributed by atoms with van der Waals surface area (Å²) in [6.07, 6.45) is 109. The Labute approximate surface area is 597 Å². The van der Waals surface area contributed by atoms with E-state index < -0.39 is 12.1 Å². The number of ether oxygens (including phenoxy) is 1. The van der Waals surface area contributed by atoms with E-state index in [2.05, 4.69) is 31.3 Å². The zero-order valence-corrected chi connectivity index (χ0v) is 65.2. The molecule has 0 aliphatic carbocycles. The summed E-state index contributed by atoms with van der Waals surface area (Å²) >= 11 is 0. The van der Waals surface area contributed by atoms with E-state index >= 15 is 0 Å². The first kappa shape index (κ1) is 93.6. The second kappa shape index (κ2) is 85.0. The third kappa shape index (κ3) is 81.5. The summed E-state index contributed by atoms with van der Waals surface area (Å²) in [5, 5.41) is 23.5. The van der Waals surface area contributed by atoms with Gasteiger partial charge in [0.1, 0.15) is 0 Å². The van der Waals surface area contributed by atoms with E-state index in [1.54, 1.807) is 0 Å². The van der Waals surface area contributed by atoms with Crippen molar-refractivity contribution >= 4 is 11.9 Å². The number of allylic oxidation sites excluding steroid dienone is 2. The highest BCUT2D eigenvalue weighted by molar-refractivity contribution is 5.76. The van der Waals surface area contributed by atoms with Crippen LogP contribution in [-0.2, 0) is 14.3 Å². The number of unbranched alkanes of at least 4 members (excludes halogenated alkanes) is 72. The van der Waals surface area contributed by atoms with Crippen molar-refractivity contribution in [3.05, 3.63) is 12.2 Å². The van der Waals surface area contributed by atoms with E-state index in [1.807, 2.05) is 0 Å². The molecule has 95 heavy (non-hydrogen) atoms. The number of aliphatic hydroxyl groups is 2. The molecule has 0 fully saturated rings. The Morgan fingerprint density at radius 3 is 0.747 bits per heavy atom. The van der Waals surface area contributed by atoms with E-state index in [0.717, 1.165) is 38.5 Å². The Morgan fingerprint density at radius 2 is 0.495 bits per heavy atom. The third-order valence-electron chi connectivity index (χ3n) is 21.3. The molecule has 0 aromatic rings. The van der Waals surface area contributed by atoms with Crippen LogP contribution >= 0.6 is 0 Å². The molecule has 1 amide bonds. The van der Waals surface area contributed by atoms with Gasteiger partial charge >= 0.3 is 5.97 Å². The van der Waals surface area contributed by atoms with Crippen molar-refractivity contribution in [1.29, 1.82) is 0 Å². The largest absolute Gasteiger partial charge is 0.466 e. The molecule has 6 nitrogen and oxygen atoms in total. The normalized spacial score (nSPS) is 12.4. The molecule has 0 aromatic heterocycles. The minimum atomic E-state index is -0.662. The first-order valence-electron chi connectivity index (χ1n) is 44.4. The Bertz CT molecular complexity index is 1450. The van der Waals surface area contributed by atoms with Gasteiger partial charge < -0.3 is 20.3 Å². The van der Waals surface area contributed by atoms with Crippen LogP contribution in [0.3, 0.4) is 0 Å². The lowest BCUT2D eigenvalue weighted by Crippen LogP contribution is -2.45. The molecule has 0 heterocycles. The number of hydrogen-bond acceptors (Lipinski definition) is 5. The second-order valence-electron chi connectivity index (χ2n) is 30.9. The lowest BCUT2D eigenvalue weighted by atomic mass is 10.0. The van der Waals surface area contributed by atoms with E-state index in [1.165, 1.54) is 449 Å². The number of carbonyl (C=O) groups excluding carboxylic acids is 2. The van der Waals surface area contributed by atoms with Crippen molar-refractivity contribution in [1.82, 2.24) is 5.32 Å². The molecule has 0 bridgehead atoms. The van der Waals surface area contributed by atoms with Crippen molar-refractivity contribution in [3.63, 3.8) is 0 Å². The molecule has 0 saturated heterocycles. The monoisotopic (exact) mass is 1340 g/mol. The molecule has 0 aliphatic rings. The molecule has 0 rings (SSSR count). The fraction of sp³-hybridized carbons (Fsp3) is 0.955. The van der Waals surface area contributed by atoms with Crippen LogP contribution in [-0.4, -0.2) is 47.4 Å². The number of esters is 1. The van der Waals surface area contributed by atoms with Gasteiger partial charge in [-0.2, -0.15) is 0 Å². The molecule has 0 saturated carbocycles. The Hall–Kier alpha value is -1.40. The van der Waals surface area contributed by atoms with Gasteiger partial charge in [0.15, 0.2) is 0 Å². The van der Waals surface area contributed by atoms with Crippen molar-refractivity contribution in [3.8, 4) is 0 Å². The number of hydrogen-bond donors (Lipinski definition) is 3.